The molecule has 7 nitrogen and oxygen atoms in total. The van der Waals surface area contributed by atoms with E-state index in [0.29, 0.717) is 41.7 Å². The van der Waals surface area contributed by atoms with Gasteiger partial charge in [0.05, 0.1) is 12.0 Å². The Balaban J connectivity index is 1.80. The number of hydrogen-bond acceptors (Lipinski definition) is 6. The third kappa shape index (κ3) is 4.51. The highest BCUT2D eigenvalue weighted by atomic mass is 16.5. The fourth-order valence-corrected chi connectivity index (χ4v) is 2.94. The summed E-state index contributed by atoms with van der Waals surface area (Å²) in [6.07, 6.45) is 0.690. The van der Waals surface area contributed by atoms with Gasteiger partial charge < -0.3 is 9.47 Å². The van der Waals surface area contributed by atoms with E-state index >= 15 is 0 Å². The lowest BCUT2D eigenvalue weighted by Crippen LogP contribution is -2.27. The van der Waals surface area contributed by atoms with Gasteiger partial charge in [-0.15, -0.1) is 0 Å². The number of carbonyl (C=O) groups excluding carboxylic acids is 2. The standard InChI is InChI=1S/C22H22N2O5/c1-3-13-24-21(26)18-8-6-5-7-17(18)20(23-24)22(27)29-14-19(25)15-9-11-16(12-10-15)28-4-2/h5-12H,3-4,13-14H2,1-2H3. The largest absolute Gasteiger partial charge is 0.494 e. The van der Waals surface area contributed by atoms with E-state index in [1.54, 1.807) is 48.5 Å². The minimum atomic E-state index is -0.745. The van der Waals surface area contributed by atoms with E-state index in [1.165, 1.54) is 4.68 Å². The smallest absolute Gasteiger partial charge is 0.359 e. The zero-order valence-corrected chi connectivity index (χ0v) is 16.4. The average Bonchev–Trinajstić information content (AvgIpc) is 2.74. The van der Waals surface area contributed by atoms with Gasteiger partial charge in [0.25, 0.3) is 5.56 Å². The molecule has 0 spiro atoms. The molecule has 0 saturated heterocycles. The number of esters is 1. The van der Waals surface area contributed by atoms with E-state index < -0.39 is 12.6 Å². The van der Waals surface area contributed by atoms with Crippen LogP contribution in [0.2, 0.25) is 0 Å². The summed E-state index contributed by atoms with van der Waals surface area (Å²) >= 11 is 0. The highest BCUT2D eigenvalue weighted by Gasteiger charge is 2.19. The van der Waals surface area contributed by atoms with Crippen LogP contribution in [0.5, 0.6) is 5.75 Å². The lowest BCUT2D eigenvalue weighted by Gasteiger charge is -2.10. The van der Waals surface area contributed by atoms with Crippen LogP contribution >= 0.6 is 0 Å². The van der Waals surface area contributed by atoms with E-state index in [4.69, 9.17) is 9.47 Å². The number of fused-ring (bicyclic) bond motifs is 1. The number of carbonyl (C=O) groups is 2. The van der Waals surface area contributed by atoms with Crippen LogP contribution in [-0.2, 0) is 11.3 Å². The number of Topliss-reactive ketones (excluding diaryl/α,β-unsaturated/α-hetero) is 1. The molecule has 29 heavy (non-hydrogen) atoms. The van der Waals surface area contributed by atoms with E-state index in [2.05, 4.69) is 5.10 Å². The number of hydrogen-bond donors (Lipinski definition) is 0. The van der Waals surface area contributed by atoms with Crippen LogP contribution in [0.25, 0.3) is 10.8 Å². The summed E-state index contributed by atoms with van der Waals surface area (Å²) in [6, 6.07) is 13.4. The van der Waals surface area contributed by atoms with Crippen molar-refractivity contribution in [2.24, 2.45) is 0 Å². The molecule has 0 N–H and O–H groups in total. The van der Waals surface area contributed by atoms with Gasteiger partial charge in [-0.25, -0.2) is 9.48 Å². The first kappa shape index (κ1) is 20.3. The predicted molar refractivity (Wildman–Crippen MR) is 109 cm³/mol. The van der Waals surface area contributed by atoms with Crippen molar-refractivity contribution in [2.45, 2.75) is 26.8 Å². The van der Waals surface area contributed by atoms with Gasteiger partial charge in [-0.1, -0.05) is 25.1 Å². The second kappa shape index (κ2) is 9.14. The second-order valence-electron chi connectivity index (χ2n) is 6.38. The molecule has 7 heteroatoms. The van der Waals surface area contributed by atoms with Crippen LogP contribution < -0.4 is 10.3 Å². The summed E-state index contributed by atoms with van der Waals surface area (Å²) < 4.78 is 11.8. The highest BCUT2D eigenvalue weighted by Crippen LogP contribution is 2.16. The Morgan fingerprint density at radius 2 is 1.69 bits per heavy atom. The van der Waals surface area contributed by atoms with E-state index in [-0.39, 0.29) is 17.0 Å². The third-order valence-electron chi connectivity index (χ3n) is 4.32. The Kier molecular flexibility index (Phi) is 6.39. The molecule has 0 fully saturated rings. The number of aryl methyl sites for hydroxylation is 1. The van der Waals surface area contributed by atoms with E-state index in [9.17, 15) is 14.4 Å². The number of ketones is 1. The van der Waals surface area contributed by atoms with Crippen LogP contribution in [0.15, 0.2) is 53.3 Å². The van der Waals surface area contributed by atoms with Crippen molar-refractivity contribution < 1.29 is 19.1 Å². The van der Waals surface area contributed by atoms with Crippen LogP contribution in [0, 0.1) is 0 Å². The summed E-state index contributed by atoms with van der Waals surface area (Å²) in [6.45, 7) is 4.29. The van der Waals surface area contributed by atoms with Crippen LogP contribution in [-0.4, -0.2) is 34.7 Å². The summed E-state index contributed by atoms with van der Waals surface area (Å²) in [5.74, 6) is -0.423. The maximum atomic E-state index is 12.6. The highest BCUT2D eigenvalue weighted by molar-refractivity contribution is 6.04. The second-order valence-corrected chi connectivity index (χ2v) is 6.38. The molecule has 0 bridgehead atoms. The van der Waals surface area contributed by atoms with Gasteiger partial charge in [0.1, 0.15) is 5.75 Å². The van der Waals surface area contributed by atoms with Gasteiger partial charge in [0.2, 0.25) is 0 Å². The zero-order valence-electron chi connectivity index (χ0n) is 16.4. The molecule has 3 rings (SSSR count). The van der Waals surface area contributed by atoms with Crippen LogP contribution in [0.3, 0.4) is 0 Å². The van der Waals surface area contributed by atoms with Crippen molar-refractivity contribution in [1.82, 2.24) is 9.78 Å². The Labute approximate surface area is 167 Å². The van der Waals surface area contributed by atoms with Gasteiger partial charge >= 0.3 is 5.97 Å². The molecule has 150 valence electrons. The van der Waals surface area contributed by atoms with E-state index in [1.807, 2.05) is 13.8 Å². The molecule has 0 atom stereocenters. The van der Waals surface area contributed by atoms with Crippen molar-refractivity contribution in [3.63, 3.8) is 0 Å². The monoisotopic (exact) mass is 394 g/mol. The summed E-state index contributed by atoms with van der Waals surface area (Å²) in [5.41, 5.74) is 0.174. The first-order valence-corrected chi connectivity index (χ1v) is 9.48. The molecule has 0 radical (unpaired) electrons. The minimum Gasteiger partial charge on any atom is -0.494 e. The Hall–Kier alpha value is -3.48. The molecule has 2 aromatic carbocycles. The lowest BCUT2D eigenvalue weighted by molar-refractivity contribution is 0.0468. The van der Waals surface area contributed by atoms with Crippen molar-refractivity contribution >= 4 is 22.5 Å². The maximum Gasteiger partial charge on any atom is 0.359 e. The number of ether oxygens (including phenoxy) is 2. The predicted octanol–water partition coefficient (Wildman–Crippen LogP) is 3.24. The quantitative estimate of drug-likeness (QED) is 0.431. The molecule has 0 aliphatic heterocycles. The van der Waals surface area contributed by atoms with Crippen molar-refractivity contribution in [2.75, 3.05) is 13.2 Å². The molecule has 0 saturated carbocycles. The van der Waals surface area contributed by atoms with Crippen LogP contribution in [0.4, 0.5) is 0 Å². The molecular formula is C22H22N2O5. The average molecular weight is 394 g/mol. The SMILES string of the molecule is CCCn1nc(C(=O)OCC(=O)c2ccc(OCC)cc2)c2ccccc2c1=O. The summed E-state index contributed by atoms with van der Waals surface area (Å²) in [5, 5.41) is 4.97. The minimum absolute atomic E-state index is 0.0214. The topological polar surface area (TPSA) is 87.5 Å². The Morgan fingerprint density at radius 3 is 2.34 bits per heavy atom. The lowest BCUT2D eigenvalue weighted by atomic mass is 10.1. The molecule has 0 aliphatic rings. The van der Waals surface area contributed by atoms with Crippen molar-refractivity contribution in [3.05, 3.63) is 70.1 Å². The van der Waals surface area contributed by atoms with E-state index in [0.717, 1.165) is 0 Å². The number of aromatic nitrogens is 2. The summed E-state index contributed by atoms with van der Waals surface area (Å²) in [4.78, 5) is 37.5. The summed E-state index contributed by atoms with van der Waals surface area (Å²) in [7, 11) is 0. The Bertz CT molecular complexity index is 1090. The van der Waals surface area contributed by atoms with Gasteiger partial charge in [-0.3, -0.25) is 9.59 Å². The molecule has 0 aliphatic carbocycles. The number of benzene rings is 2. The van der Waals surface area contributed by atoms with Gasteiger partial charge in [-0.2, -0.15) is 5.10 Å². The maximum absolute atomic E-state index is 12.6. The number of rotatable bonds is 8. The third-order valence-corrected chi connectivity index (χ3v) is 4.32. The van der Waals surface area contributed by atoms with Gasteiger partial charge in [0.15, 0.2) is 18.1 Å². The van der Waals surface area contributed by atoms with Gasteiger partial charge in [-0.05, 0) is 43.7 Å². The number of nitrogens with zero attached hydrogens (tertiary/aromatic N) is 2. The molecular weight excluding hydrogens is 372 g/mol. The normalized spacial score (nSPS) is 10.7. The van der Waals surface area contributed by atoms with Gasteiger partial charge in [0, 0.05) is 17.5 Å². The fourth-order valence-electron chi connectivity index (χ4n) is 2.94. The van der Waals surface area contributed by atoms with Crippen molar-refractivity contribution in [3.8, 4) is 5.75 Å². The molecule has 3 aromatic rings. The molecule has 1 aromatic heterocycles. The molecule has 0 unspecified atom stereocenters. The zero-order chi connectivity index (χ0) is 20.8. The first-order chi connectivity index (χ1) is 14.0. The fraction of sp³-hybridized carbons (Fsp3) is 0.273. The first-order valence-electron chi connectivity index (χ1n) is 9.48. The van der Waals surface area contributed by atoms with Crippen molar-refractivity contribution in [1.29, 1.82) is 0 Å². The molecule has 1 heterocycles. The molecule has 0 amide bonds. The van der Waals surface area contributed by atoms with Crippen LogP contribution in [0.1, 0.15) is 41.1 Å². The Morgan fingerprint density at radius 1 is 1.00 bits per heavy atom.